The van der Waals surface area contributed by atoms with Crippen molar-refractivity contribution in [1.29, 1.82) is 0 Å². The van der Waals surface area contributed by atoms with E-state index in [4.69, 9.17) is 0 Å². The zero-order valence-corrected chi connectivity index (χ0v) is 35.8. The highest BCUT2D eigenvalue weighted by Gasteiger charge is 2.43. The molecular formula is C55H59N. The van der Waals surface area contributed by atoms with Crippen LogP contribution in [0.2, 0.25) is 0 Å². The highest BCUT2D eigenvalue weighted by Crippen LogP contribution is 2.60. The monoisotopic (exact) mass is 733 g/mol. The fourth-order valence-corrected chi connectivity index (χ4v) is 10.3. The van der Waals surface area contributed by atoms with Gasteiger partial charge in [0, 0.05) is 33.1 Å². The number of anilines is 3. The van der Waals surface area contributed by atoms with Crippen molar-refractivity contribution in [2.45, 2.75) is 123 Å². The van der Waals surface area contributed by atoms with Crippen molar-refractivity contribution in [1.82, 2.24) is 0 Å². The van der Waals surface area contributed by atoms with Gasteiger partial charge in [-0.05, 0) is 109 Å². The minimum Gasteiger partial charge on any atom is -0.309 e. The average Bonchev–Trinajstić information content (AvgIpc) is 3.50. The van der Waals surface area contributed by atoms with Crippen LogP contribution in [0, 0.1) is 0 Å². The molecule has 2 bridgehead atoms. The fraction of sp³-hybridized carbons (Fsp3) is 0.345. The van der Waals surface area contributed by atoms with E-state index in [9.17, 15) is 0 Å². The minimum atomic E-state index is -0.167. The Balaban J connectivity index is 1.41. The molecule has 0 radical (unpaired) electrons. The second-order valence-corrected chi connectivity index (χ2v) is 20.6. The third-order valence-corrected chi connectivity index (χ3v) is 14.0. The zero-order chi connectivity index (χ0) is 39.7. The van der Waals surface area contributed by atoms with Crippen LogP contribution in [-0.4, -0.2) is 0 Å². The van der Waals surface area contributed by atoms with Crippen molar-refractivity contribution < 1.29 is 0 Å². The Labute approximate surface area is 336 Å². The van der Waals surface area contributed by atoms with E-state index in [-0.39, 0.29) is 27.1 Å². The molecule has 9 rings (SSSR count). The minimum absolute atomic E-state index is 0.0530. The van der Waals surface area contributed by atoms with Crippen LogP contribution in [-0.2, 0) is 27.1 Å². The van der Waals surface area contributed by atoms with E-state index >= 15 is 0 Å². The van der Waals surface area contributed by atoms with Gasteiger partial charge in [-0.15, -0.1) is 0 Å². The lowest BCUT2D eigenvalue weighted by Crippen LogP contribution is -2.27. The van der Waals surface area contributed by atoms with E-state index in [2.05, 4.69) is 203 Å². The first kappa shape index (κ1) is 36.7. The molecule has 0 amide bonds. The molecule has 0 fully saturated rings. The van der Waals surface area contributed by atoms with Crippen LogP contribution in [0.25, 0.3) is 27.8 Å². The summed E-state index contributed by atoms with van der Waals surface area (Å²) in [6.07, 6.45) is 11.4. The summed E-state index contributed by atoms with van der Waals surface area (Å²) >= 11 is 0. The van der Waals surface area contributed by atoms with Crippen molar-refractivity contribution in [2.75, 3.05) is 4.90 Å². The molecule has 0 unspecified atom stereocenters. The zero-order valence-electron chi connectivity index (χ0n) is 35.8. The summed E-state index contributed by atoms with van der Waals surface area (Å²) in [7, 11) is 0. The summed E-state index contributed by atoms with van der Waals surface area (Å²) in [5.74, 6) is 0. The van der Waals surface area contributed by atoms with Crippen LogP contribution < -0.4 is 4.90 Å². The summed E-state index contributed by atoms with van der Waals surface area (Å²) in [6, 6.07) is 36.0. The summed E-state index contributed by atoms with van der Waals surface area (Å²) in [5, 5.41) is 0. The molecule has 0 aromatic heterocycles. The van der Waals surface area contributed by atoms with Gasteiger partial charge in [-0.1, -0.05) is 180 Å². The number of allylic oxidation sites excluding steroid dienone is 6. The quantitative estimate of drug-likeness (QED) is 0.178. The second kappa shape index (κ2) is 12.1. The van der Waals surface area contributed by atoms with E-state index in [0.717, 1.165) is 12.8 Å². The van der Waals surface area contributed by atoms with Gasteiger partial charge < -0.3 is 4.90 Å². The first-order chi connectivity index (χ1) is 26.3. The van der Waals surface area contributed by atoms with Gasteiger partial charge in [-0.2, -0.15) is 0 Å². The van der Waals surface area contributed by atoms with Gasteiger partial charge in [-0.3, -0.25) is 0 Å². The topological polar surface area (TPSA) is 3.24 Å². The standard InChI is InChI=1S/C55H59N/c1-51(2,3)35-25-27-41-44(30-35)55(11,12)46-31-37(52(4,5)6)32-48(50(41)46)56(47-24-18-23-43-49(47)40-21-16-17-22-42(40)54(43,9)10)38-26-28-39-34-19-14-13-15-20-36(29-34)53(7,8)45(39)33-38/h13,15-28,30-33H,14,29H2,1-12H3/b15-13?,34-19+,36-20+. The Morgan fingerprint density at radius 2 is 1.14 bits per heavy atom. The van der Waals surface area contributed by atoms with E-state index in [0.29, 0.717) is 0 Å². The lowest BCUT2D eigenvalue weighted by atomic mass is 9.67. The first-order valence-corrected chi connectivity index (χ1v) is 20.9. The van der Waals surface area contributed by atoms with Gasteiger partial charge >= 0.3 is 0 Å². The molecule has 284 valence electrons. The largest absolute Gasteiger partial charge is 0.309 e. The summed E-state index contributed by atoms with van der Waals surface area (Å²) in [4.78, 5) is 2.66. The smallest absolute Gasteiger partial charge is 0.0546 e. The highest BCUT2D eigenvalue weighted by molar-refractivity contribution is 6.01. The van der Waals surface area contributed by atoms with Crippen LogP contribution in [0.1, 0.15) is 140 Å². The lowest BCUT2D eigenvalue weighted by molar-refractivity contribution is 0.580. The van der Waals surface area contributed by atoms with Crippen molar-refractivity contribution in [3.05, 3.63) is 165 Å². The van der Waals surface area contributed by atoms with Crippen LogP contribution in [0.3, 0.4) is 0 Å². The maximum absolute atomic E-state index is 2.66. The maximum Gasteiger partial charge on any atom is 0.0546 e. The molecule has 0 heterocycles. The molecule has 5 aromatic rings. The summed E-state index contributed by atoms with van der Waals surface area (Å²) in [5.41, 5.74) is 22.9. The number of hydrogen-bond acceptors (Lipinski definition) is 1. The van der Waals surface area contributed by atoms with E-state index < -0.39 is 0 Å². The van der Waals surface area contributed by atoms with E-state index in [1.807, 2.05) is 0 Å². The Hall–Kier alpha value is -4.88. The Bertz CT molecular complexity index is 2560. The number of benzene rings is 5. The van der Waals surface area contributed by atoms with Crippen LogP contribution in [0.15, 0.2) is 121 Å². The normalized spacial score (nSPS) is 19.9. The summed E-state index contributed by atoms with van der Waals surface area (Å²) in [6.45, 7) is 28.7. The molecule has 0 saturated carbocycles. The molecule has 0 atom stereocenters. The molecule has 0 spiro atoms. The Morgan fingerprint density at radius 1 is 0.518 bits per heavy atom. The van der Waals surface area contributed by atoms with Gasteiger partial charge in [-0.25, -0.2) is 0 Å². The maximum atomic E-state index is 2.66. The first-order valence-electron chi connectivity index (χ1n) is 20.9. The molecule has 1 nitrogen and oxygen atoms in total. The number of hydrogen-bond donors (Lipinski definition) is 0. The molecule has 56 heavy (non-hydrogen) atoms. The van der Waals surface area contributed by atoms with Gasteiger partial charge in [0.25, 0.3) is 0 Å². The van der Waals surface area contributed by atoms with Gasteiger partial charge in [0.05, 0.1) is 11.4 Å². The molecule has 0 saturated heterocycles. The van der Waals surface area contributed by atoms with Gasteiger partial charge in [0.2, 0.25) is 0 Å². The van der Waals surface area contributed by atoms with Crippen molar-refractivity contribution in [3.8, 4) is 22.3 Å². The van der Waals surface area contributed by atoms with E-state index in [1.54, 1.807) is 0 Å². The fourth-order valence-electron chi connectivity index (χ4n) is 10.3. The molecule has 5 aromatic carbocycles. The Kier molecular flexibility index (Phi) is 7.91. The number of nitrogens with zero attached hydrogens (tertiary/aromatic N) is 1. The molecule has 0 N–H and O–H groups in total. The van der Waals surface area contributed by atoms with Crippen molar-refractivity contribution in [3.63, 3.8) is 0 Å². The lowest BCUT2D eigenvalue weighted by Gasteiger charge is -2.39. The SMILES string of the molecule is CC(C)(C)c1ccc2c(c1)C(C)(C)c1cc(C(C)(C)C)cc(N(c3ccc4c(c3)C(C)(C)/C3=C/C=CC/C=C/4C3)c3cccc4c3-c3ccccc3C4(C)C)c1-2. The summed E-state index contributed by atoms with van der Waals surface area (Å²) < 4.78 is 0. The number of rotatable bonds is 3. The molecule has 4 aliphatic rings. The van der Waals surface area contributed by atoms with Gasteiger partial charge in [0.1, 0.15) is 0 Å². The third-order valence-electron chi connectivity index (χ3n) is 14.0. The Morgan fingerprint density at radius 3 is 1.89 bits per heavy atom. The molecule has 1 heteroatoms. The predicted molar refractivity (Wildman–Crippen MR) is 241 cm³/mol. The van der Waals surface area contributed by atoms with Crippen molar-refractivity contribution >= 4 is 22.6 Å². The molecule has 4 aliphatic carbocycles. The predicted octanol–water partition coefficient (Wildman–Crippen LogP) is 15.3. The van der Waals surface area contributed by atoms with Crippen molar-refractivity contribution in [2.24, 2.45) is 0 Å². The van der Waals surface area contributed by atoms with Gasteiger partial charge in [0.15, 0.2) is 0 Å². The van der Waals surface area contributed by atoms with Crippen LogP contribution in [0.5, 0.6) is 0 Å². The van der Waals surface area contributed by atoms with E-state index in [1.165, 1.54) is 95.0 Å². The molecular weight excluding hydrogens is 675 g/mol. The highest BCUT2D eigenvalue weighted by atomic mass is 15.1. The second-order valence-electron chi connectivity index (χ2n) is 20.6. The average molecular weight is 734 g/mol. The van der Waals surface area contributed by atoms with Crippen LogP contribution in [0.4, 0.5) is 17.1 Å². The third kappa shape index (κ3) is 5.33. The molecule has 0 aliphatic heterocycles. The number of fused-ring (bicyclic) bond motifs is 10. The van der Waals surface area contributed by atoms with Crippen LogP contribution >= 0.6 is 0 Å².